The molecule has 2 bridgehead atoms. The molecular formula is C11H16IN3. The zero-order valence-corrected chi connectivity index (χ0v) is 11.1. The molecule has 0 aliphatic carbocycles. The van der Waals surface area contributed by atoms with Gasteiger partial charge in [0.25, 0.3) is 0 Å². The van der Waals surface area contributed by atoms with Crippen LogP contribution in [0.4, 0.5) is 0 Å². The second-order valence-electron chi connectivity index (χ2n) is 4.81. The van der Waals surface area contributed by atoms with E-state index in [4.69, 9.17) is 0 Å². The minimum Gasteiger partial charge on any atom is -0.300 e. The van der Waals surface area contributed by atoms with Gasteiger partial charge in [-0.2, -0.15) is 5.10 Å². The Bertz CT molecular complexity index is 348. The molecule has 15 heavy (non-hydrogen) atoms. The monoisotopic (exact) mass is 317 g/mol. The van der Waals surface area contributed by atoms with Crippen molar-refractivity contribution in [1.82, 2.24) is 14.7 Å². The van der Waals surface area contributed by atoms with Gasteiger partial charge in [0.2, 0.25) is 0 Å². The summed E-state index contributed by atoms with van der Waals surface area (Å²) in [6.07, 6.45) is 9.47. The van der Waals surface area contributed by atoms with E-state index in [1.165, 1.54) is 29.3 Å². The molecule has 82 valence electrons. The summed E-state index contributed by atoms with van der Waals surface area (Å²) in [4.78, 5) is 2.57. The minimum absolute atomic E-state index is 0.641. The summed E-state index contributed by atoms with van der Waals surface area (Å²) >= 11 is 2.33. The average Bonchev–Trinajstić information content (AvgIpc) is 2.70. The number of hydrogen-bond donors (Lipinski definition) is 0. The van der Waals surface area contributed by atoms with E-state index in [9.17, 15) is 0 Å². The maximum atomic E-state index is 4.45. The number of piperidine rings is 1. The number of hydrogen-bond acceptors (Lipinski definition) is 2. The van der Waals surface area contributed by atoms with E-state index in [1.807, 2.05) is 6.20 Å². The first-order chi connectivity index (χ1) is 7.24. The summed E-state index contributed by atoms with van der Waals surface area (Å²) in [6, 6.07) is 2.24. The van der Waals surface area contributed by atoms with E-state index in [0.29, 0.717) is 6.04 Å². The van der Waals surface area contributed by atoms with Gasteiger partial charge >= 0.3 is 0 Å². The summed E-state index contributed by atoms with van der Waals surface area (Å²) in [6.45, 7) is 0. The quantitative estimate of drug-likeness (QED) is 0.741. The van der Waals surface area contributed by atoms with Crippen molar-refractivity contribution in [3.05, 3.63) is 16.0 Å². The normalized spacial score (nSPS) is 36.0. The van der Waals surface area contributed by atoms with Gasteiger partial charge in [0, 0.05) is 18.3 Å². The number of nitrogens with zero attached hydrogens (tertiary/aromatic N) is 3. The van der Waals surface area contributed by atoms with Gasteiger partial charge in [0.05, 0.1) is 15.8 Å². The Hall–Kier alpha value is -0.100. The van der Waals surface area contributed by atoms with Gasteiger partial charge in [-0.05, 0) is 55.3 Å². The molecule has 2 aliphatic heterocycles. The lowest BCUT2D eigenvalue weighted by atomic mass is 9.98. The van der Waals surface area contributed by atoms with Crippen LogP contribution >= 0.6 is 22.6 Å². The van der Waals surface area contributed by atoms with Crippen molar-refractivity contribution in [2.75, 3.05) is 7.05 Å². The molecule has 3 heterocycles. The lowest BCUT2D eigenvalue weighted by Crippen LogP contribution is -2.40. The SMILES string of the molecule is CN1[C@@H]2CC[C@H]1CC(n1cc(I)cn1)C2. The lowest BCUT2D eigenvalue weighted by Gasteiger charge is -2.36. The Morgan fingerprint density at radius 1 is 1.27 bits per heavy atom. The lowest BCUT2D eigenvalue weighted by molar-refractivity contribution is 0.131. The van der Waals surface area contributed by atoms with E-state index in [0.717, 1.165) is 12.1 Å². The smallest absolute Gasteiger partial charge is 0.0623 e. The highest BCUT2D eigenvalue weighted by molar-refractivity contribution is 14.1. The molecule has 0 N–H and O–H groups in total. The maximum Gasteiger partial charge on any atom is 0.0623 e. The molecule has 0 aromatic carbocycles. The Kier molecular flexibility index (Phi) is 2.51. The van der Waals surface area contributed by atoms with Crippen LogP contribution in [0.2, 0.25) is 0 Å². The largest absolute Gasteiger partial charge is 0.300 e. The van der Waals surface area contributed by atoms with Crippen LogP contribution in [-0.4, -0.2) is 33.8 Å². The van der Waals surface area contributed by atoms with Crippen molar-refractivity contribution >= 4 is 22.6 Å². The highest BCUT2D eigenvalue weighted by Gasteiger charge is 2.39. The van der Waals surface area contributed by atoms with Crippen molar-refractivity contribution in [3.8, 4) is 0 Å². The standard InChI is InChI=1S/C11H16IN3/c1-14-9-2-3-10(14)5-11(4-9)15-7-8(12)6-13-15/h6-7,9-11H,2-5H2,1H3/t9-,10+,11?. The Balaban J connectivity index is 1.80. The zero-order chi connectivity index (χ0) is 10.4. The molecule has 3 rings (SSSR count). The fourth-order valence-corrected chi connectivity index (χ4v) is 3.52. The molecule has 0 radical (unpaired) electrons. The van der Waals surface area contributed by atoms with E-state index in [-0.39, 0.29) is 0 Å². The van der Waals surface area contributed by atoms with Crippen molar-refractivity contribution in [3.63, 3.8) is 0 Å². The van der Waals surface area contributed by atoms with Crippen LogP contribution in [-0.2, 0) is 0 Å². The molecule has 0 spiro atoms. The summed E-state index contributed by atoms with van der Waals surface area (Å²) < 4.78 is 3.43. The maximum absolute atomic E-state index is 4.45. The van der Waals surface area contributed by atoms with Gasteiger partial charge < -0.3 is 4.90 Å². The van der Waals surface area contributed by atoms with Crippen molar-refractivity contribution in [2.24, 2.45) is 0 Å². The first-order valence-electron chi connectivity index (χ1n) is 5.65. The summed E-state index contributed by atoms with van der Waals surface area (Å²) in [5.41, 5.74) is 0. The van der Waals surface area contributed by atoms with Gasteiger partial charge in [-0.1, -0.05) is 0 Å². The van der Waals surface area contributed by atoms with Crippen LogP contribution in [0.3, 0.4) is 0 Å². The van der Waals surface area contributed by atoms with Crippen molar-refractivity contribution in [2.45, 2.75) is 43.8 Å². The molecular weight excluding hydrogens is 301 g/mol. The summed E-state index contributed by atoms with van der Waals surface area (Å²) in [5, 5.41) is 4.45. The van der Waals surface area contributed by atoms with Crippen molar-refractivity contribution in [1.29, 1.82) is 0 Å². The van der Waals surface area contributed by atoms with E-state index >= 15 is 0 Å². The van der Waals surface area contributed by atoms with Crippen LogP contribution < -0.4 is 0 Å². The third-order valence-corrected chi connectivity index (χ3v) is 4.57. The van der Waals surface area contributed by atoms with Crippen LogP contribution in [0.15, 0.2) is 12.4 Å². The Labute approximate surface area is 104 Å². The molecule has 3 atom stereocenters. The van der Waals surface area contributed by atoms with Crippen LogP contribution in [0.5, 0.6) is 0 Å². The predicted octanol–water partition coefficient (Wildman–Crippen LogP) is 2.29. The van der Waals surface area contributed by atoms with E-state index < -0.39 is 0 Å². The molecule has 3 nitrogen and oxygen atoms in total. The fourth-order valence-electron chi connectivity index (χ4n) is 3.11. The zero-order valence-electron chi connectivity index (χ0n) is 8.93. The number of aromatic nitrogens is 2. The third-order valence-electron chi connectivity index (χ3n) is 4.02. The van der Waals surface area contributed by atoms with E-state index in [1.54, 1.807) is 0 Å². The van der Waals surface area contributed by atoms with Gasteiger partial charge in [-0.25, -0.2) is 0 Å². The summed E-state index contributed by atoms with van der Waals surface area (Å²) in [7, 11) is 2.28. The second-order valence-corrected chi connectivity index (χ2v) is 6.06. The highest BCUT2D eigenvalue weighted by Crippen LogP contribution is 2.39. The van der Waals surface area contributed by atoms with Crippen LogP contribution in [0.25, 0.3) is 0 Å². The summed E-state index contributed by atoms with van der Waals surface area (Å²) in [5.74, 6) is 0. The first kappa shape index (κ1) is 10.1. The van der Waals surface area contributed by atoms with Gasteiger partial charge in [0.1, 0.15) is 0 Å². The molecule has 2 aliphatic rings. The fraction of sp³-hybridized carbons (Fsp3) is 0.727. The minimum atomic E-state index is 0.641. The highest BCUT2D eigenvalue weighted by atomic mass is 127. The number of halogens is 1. The first-order valence-corrected chi connectivity index (χ1v) is 6.73. The van der Waals surface area contributed by atoms with Gasteiger partial charge in [-0.15, -0.1) is 0 Å². The van der Waals surface area contributed by atoms with Gasteiger partial charge in [-0.3, -0.25) is 4.68 Å². The molecule has 2 fully saturated rings. The van der Waals surface area contributed by atoms with Gasteiger partial charge in [0.15, 0.2) is 0 Å². The predicted molar refractivity (Wildman–Crippen MR) is 67.8 cm³/mol. The average molecular weight is 317 g/mol. The Morgan fingerprint density at radius 2 is 1.93 bits per heavy atom. The third kappa shape index (κ3) is 1.71. The molecule has 1 aromatic heterocycles. The molecule has 0 amide bonds. The number of fused-ring (bicyclic) bond motifs is 2. The molecule has 1 unspecified atom stereocenters. The van der Waals surface area contributed by atoms with Crippen molar-refractivity contribution < 1.29 is 0 Å². The van der Waals surface area contributed by atoms with Crippen LogP contribution in [0.1, 0.15) is 31.7 Å². The molecule has 0 saturated carbocycles. The molecule has 1 aromatic rings. The molecule has 4 heteroatoms. The molecule has 2 saturated heterocycles. The number of rotatable bonds is 1. The second kappa shape index (κ2) is 3.73. The topological polar surface area (TPSA) is 21.1 Å². The Morgan fingerprint density at radius 3 is 2.47 bits per heavy atom. The van der Waals surface area contributed by atoms with Crippen LogP contribution in [0, 0.1) is 3.57 Å². The van der Waals surface area contributed by atoms with E-state index in [2.05, 4.69) is 50.5 Å².